The molecule has 0 unspecified atom stereocenters. The molecule has 0 radical (unpaired) electrons. The monoisotopic (exact) mass is 227 g/mol. The Hall–Kier alpha value is -1.67. The molecule has 0 heterocycles. The van der Waals surface area contributed by atoms with E-state index in [-0.39, 0.29) is 5.97 Å². The quantitative estimate of drug-likeness (QED) is 0.230. The zero-order valence-corrected chi connectivity index (χ0v) is 10.0. The number of carbonyl (C=O) groups is 1. The maximum Gasteiger partial charge on any atom is 0.305 e. The molecular formula is C12H21NO3. The van der Waals surface area contributed by atoms with Crippen molar-refractivity contribution in [2.75, 3.05) is 13.2 Å². The van der Waals surface area contributed by atoms with E-state index in [2.05, 4.69) is 31.3 Å². The summed E-state index contributed by atoms with van der Waals surface area (Å²) in [5.41, 5.74) is 0. The van der Waals surface area contributed by atoms with E-state index in [0.717, 1.165) is 6.42 Å². The fraction of sp³-hybridized carbons (Fsp3) is 0.500. The zero-order chi connectivity index (χ0) is 13.2. The molecule has 0 spiro atoms. The van der Waals surface area contributed by atoms with Crippen LogP contribution in [0.4, 0.5) is 0 Å². The van der Waals surface area contributed by atoms with Crippen molar-refractivity contribution in [2.45, 2.75) is 26.2 Å². The molecule has 0 N–H and O–H groups in total. The van der Waals surface area contributed by atoms with Crippen molar-refractivity contribution in [3.63, 3.8) is 0 Å². The summed E-state index contributed by atoms with van der Waals surface area (Å²) in [5, 5.41) is 0. The predicted molar refractivity (Wildman–Crippen MR) is 66.0 cm³/mol. The molecule has 0 aliphatic carbocycles. The highest BCUT2D eigenvalue weighted by Gasteiger charge is 1.99. The van der Waals surface area contributed by atoms with Crippen LogP contribution in [-0.4, -0.2) is 25.2 Å². The lowest BCUT2D eigenvalue weighted by atomic mass is 10.2. The Morgan fingerprint density at radius 1 is 1.25 bits per heavy atom. The molecule has 0 bridgehead atoms. The molecule has 4 nitrogen and oxygen atoms in total. The van der Waals surface area contributed by atoms with Crippen LogP contribution in [0.1, 0.15) is 26.2 Å². The Kier molecular flexibility index (Phi) is 28.9. The molecule has 0 atom stereocenters. The summed E-state index contributed by atoms with van der Waals surface area (Å²) in [6.45, 7) is 14.6. The van der Waals surface area contributed by atoms with Gasteiger partial charge in [0, 0.05) is 6.42 Å². The van der Waals surface area contributed by atoms with E-state index in [1.165, 1.54) is 6.08 Å². The number of nitrogens with zero attached hydrogens (tertiary/aromatic N) is 1. The van der Waals surface area contributed by atoms with Gasteiger partial charge in [0.25, 0.3) is 0 Å². The first-order valence-electron chi connectivity index (χ1n) is 5.00. The van der Waals surface area contributed by atoms with Gasteiger partial charge in [-0.05, 0) is 19.8 Å². The highest BCUT2D eigenvalue weighted by atomic mass is 16.5. The summed E-state index contributed by atoms with van der Waals surface area (Å²) in [7, 11) is 0. The molecule has 4 heteroatoms. The predicted octanol–water partition coefficient (Wildman–Crippen LogP) is 2.66. The van der Waals surface area contributed by atoms with Gasteiger partial charge in [0.05, 0.1) is 13.2 Å². The number of aliphatic imine (C=N–C) groups is 1. The van der Waals surface area contributed by atoms with E-state index in [4.69, 9.17) is 4.74 Å². The molecule has 0 aromatic rings. The maximum absolute atomic E-state index is 10.7. The Bertz CT molecular complexity index is 196. The third-order valence-corrected chi connectivity index (χ3v) is 1.27. The van der Waals surface area contributed by atoms with Crippen LogP contribution in [0.2, 0.25) is 0 Å². The molecule has 16 heavy (non-hydrogen) atoms. The van der Waals surface area contributed by atoms with Gasteiger partial charge in [0.2, 0.25) is 6.08 Å². The van der Waals surface area contributed by atoms with Crippen molar-refractivity contribution in [3.05, 3.63) is 26.3 Å². The lowest BCUT2D eigenvalue weighted by Crippen LogP contribution is -2.03. The van der Waals surface area contributed by atoms with Crippen molar-refractivity contribution in [3.8, 4) is 0 Å². The minimum Gasteiger partial charge on any atom is -0.466 e. The van der Waals surface area contributed by atoms with Crippen molar-refractivity contribution in [2.24, 2.45) is 4.99 Å². The second kappa shape index (κ2) is 23.3. The maximum atomic E-state index is 10.7. The summed E-state index contributed by atoms with van der Waals surface area (Å²) in [4.78, 5) is 23.7. The minimum atomic E-state index is -0.187. The molecule has 0 aliphatic rings. The molecule has 0 saturated heterocycles. The van der Waals surface area contributed by atoms with E-state index in [9.17, 15) is 9.59 Å². The van der Waals surface area contributed by atoms with Gasteiger partial charge in [-0.3, -0.25) is 4.79 Å². The number of hydrogen-bond donors (Lipinski definition) is 0. The molecule has 0 aliphatic heterocycles. The fourth-order valence-corrected chi connectivity index (χ4v) is 0.739. The standard InChI is InChI=1S/C8H13NO3.2C2H4/c1-2-12-8(11)5-3-4-6-9-7-10;2*1-2/h2-6H2,1H3;2*1-2H2. The van der Waals surface area contributed by atoms with Crippen LogP contribution in [0.25, 0.3) is 0 Å². The van der Waals surface area contributed by atoms with E-state index in [1.54, 1.807) is 6.92 Å². The lowest BCUT2D eigenvalue weighted by molar-refractivity contribution is -0.143. The van der Waals surface area contributed by atoms with Crippen molar-refractivity contribution in [1.82, 2.24) is 0 Å². The highest BCUT2D eigenvalue weighted by molar-refractivity contribution is 5.69. The van der Waals surface area contributed by atoms with E-state index in [0.29, 0.717) is 26.0 Å². The first kappa shape index (κ1) is 19.8. The van der Waals surface area contributed by atoms with Crippen LogP contribution in [0.5, 0.6) is 0 Å². The average molecular weight is 227 g/mol. The van der Waals surface area contributed by atoms with Crippen molar-refractivity contribution >= 4 is 12.0 Å². The third-order valence-electron chi connectivity index (χ3n) is 1.27. The van der Waals surface area contributed by atoms with Gasteiger partial charge in [-0.1, -0.05) is 0 Å². The van der Waals surface area contributed by atoms with Crippen molar-refractivity contribution < 1.29 is 14.3 Å². The van der Waals surface area contributed by atoms with Crippen LogP contribution >= 0.6 is 0 Å². The lowest BCUT2D eigenvalue weighted by Gasteiger charge is -1.99. The Balaban J connectivity index is -0.000000376. The van der Waals surface area contributed by atoms with Gasteiger partial charge < -0.3 is 4.74 Å². The van der Waals surface area contributed by atoms with Gasteiger partial charge in [0.15, 0.2) is 0 Å². The van der Waals surface area contributed by atoms with Crippen LogP contribution < -0.4 is 0 Å². The van der Waals surface area contributed by atoms with Crippen molar-refractivity contribution in [1.29, 1.82) is 0 Å². The smallest absolute Gasteiger partial charge is 0.305 e. The van der Waals surface area contributed by atoms with Gasteiger partial charge in [0.1, 0.15) is 0 Å². The zero-order valence-electron chi connectivity index (χ0n) is 10.0. The Morgan fingerprint density at radius 2 is 1.81 bits per heavy atom. The summed E-state index contributed by atoms with van der Waals surface area (Å²) in [6.07, 6.45) is 3.29. The Labute approximate surface area is 97.7 Å². The Morgan fingerprint density at radius 3 is 2.25 bits per heavy atom. The van der Waals surface area contributed by atoms with Gasteiger partial charge in [-0.25, -0.2) is 9.79 Å². The number of hydrogen-bond acceptors (Lipinski definition) is 4. The molecule has 0 aromatic carbocycles. The average Bonchev–Trinajstić information content (AvgIpc) is 2.34. The number of carbonyl (C=O) groups excluding carboxylic acids is 2. The second-order valence-corrected chi connectivity index (χ2v) is 2.24. The summed E-state index contributed by atoms with van der Waals surface area (Å²) in [6, 6.07) is 0. The number of isocyanates is 1. The minimum absolute atomic E-state index is 0.187. The SMILES string of the molecule is C=C.C=C.CCOC(=O)CCCCN=C=O. The number of rotatable bonds is 6. The van der Waals surface area contributed by atoms with Gasteiger partial charge in [-0.15, -0.1) is 26.3 Å². The normalized spacial score (nSPS) is 7.06. The van der Waals surface area contributed by atoms with Gasteiger partial charge >= 0.3 is 5.97 Å². The molecule has 0 rings (SSSR count). The number of esters is 1. The molecule has 0 saturated carbocycles. The topological polar surface area (TPSA) is 55.7 Å². The molecular weight excluding hydrogens is 206 g/mol. The van der Waals surface area contributed by atoms with Crippen LogP contribution in [0.15, 0.2) is 31.3 Å². The summed E-state index contributed by atoms with van der Waals surface area (Å²) < 4.78 is 4.70. The van der Waals surface area contributed by atoms with Crippen LogP contribution in [-0.2, 0) is 14.3 Å². The van der Waals surface area contributed by atoms with Crippen LogP contribution in [0.3, 0.4) is 0 Å². The molecule has 92 valence electrons. The van der Waals surface area contributed by atoms with Crippen LogP contribution in [0, 0.1) is 0 Å². The summed E-state index contributed by atoms with van der Waals surface area (Å²) in [5.74, 6) is -0.187. The second-order valence-electron chi connectivity index (χ2n) is 2.24. The van der Waals surface area contributed by atoms with Gasteiger partial charge in [-0.2, -0.15) is 0 Å². The number of ether oxygens (including phenoxy) is 1. The van der Waals surface area contributed by atoms with E-state index >= 15 is 0 Å². The van der Waals surface area contributed by atoms with E-state index < -0.39 is 0 Å². The molecule has 0 fully saturated rings. The largest absolute Gasteiger partial charge is 0.466 e. The first-order valence-corrected chi connectivity index (χ1v) is 5.00. The highest BCUT2D eigenvalue weighted by Crippen LogP contribution is 1.97. The molecule has 0 amide bonds. The first-order chi connectivity index (χ1) is 7.81. The molecule has 0 aromatic heterocycles. The fourth-order valence-electron chi connectivity index (χ4n) is 0.739. The van der Waals surface area contributed by atoms with E-state index in [1.807, 2.05) is 0 Å². The summed E-state index contributed by atoms with van der Waals surface area (Å²) >= 11 is 0. The number of unbranched alkanes of at least 4 members (excludes halogenated alkanes) is 1. The third kappa shape index (κ3) is 22.8.